The Morgan fingerprint density at radius 2 is 2.21 bits per heavy atom. The predicted molar refractivity (Wildman–Crippen MR) is 52.9 cm³/mol. The van der Waals surface area contributed by atoms with Crippen molar-refractivity contribution in [3.8, 4) is 0 Å². The van der Waals surface area contributed by atoms with Gasteiger partial charge in [-0.3, -0.25) is 9.59 Å². The number of ketones is 1. The molecule has 0 aliphatic heterocycles. The molecule has 1 aliphatic rings. The maximum Gasteiger partial charge on any atom is 0.303 e. The minimum atomic E-state index is -0.808. The number of carboxylic acids is 1. The van der Waals surface area contributed by atoms with Gasteiger partial charge < -0.3 is 5.11 Å². The molecule has 1 N–H and O–H groups in total. The van der Waals surface area contributed by atoms with Crippen LogP contribution in [0.3, 0.4) is 0 Å². The van der Waals surface area contributed by atoms with Crippen LogP contribution in [0, 0.1) is 11.8 Å². The number of rotatable bonds is 3. The van der Waals surface area contributed by atoms with Gasteiger partial charge in [0.25, 0.3) is 0 Å². The van der Waals surface area contributed by atoms with Crippen molar-refractivity contribution in [3.63, 3.8) is 0 Å². The Morgan fingerprint density at radius 1 is 1.57 bits per heavy atom. The zero-order valence-electron chi connectivity index (χ0n) is 8.62. The van der Waals surface area contributed by atoms with Gasteiger partial charge in [-0.05, 0) is 26.2 Å². The maximum absolute atomic E-state index is 11.5. The Labute approximate surface area is 83.8 Å². The molecule has 1 fully saturated rings. The fourth-order valence-corrected chi connectivity index (χ4v) is 1.98. The molecule has 0 spiro atoms. The molecule has 14 heavy (non-hydrogen) atoms. The molecule has 78 valence electrons. The van der Waals surface area contributed by atoms with E-state index in [4.69, 9.17) is 5.11 Å². The van der Waals surface area contributed by atoms with Gasteiger partial charge in [0.15, 0.2) is 0 Å². The van der Waals surface area contributed by atoms with Crippen LogP contribution >= 0.6 is 0 Å². The van der Waals surface area contributed by atoms with E-state index in [1.54, 1.807) is 0 Å². The molecule has 0 bridgehead atoms. The summed E-state index contributed by atoms with van der Waals surface area (Å²) in [6.45, 7) is 3.87. The van der Waals surface area contributed by atoms with E-state index in [0.717, 1.165) is 12.0 Å². The van der Waals surface area contributed by atoms with Crippen LogP contribution in [0.5, 0.6) is 0 Å². The fourth-order valence-electron chi connectivity index (χ4n) is 1.98. The predicted octanol–water partition coefficient (Wildman–Crippen LogP) is 2.02. The minimum absolute atomic E-state index is 0.00917. The van der Waals surface area contributed by atoms with Gasteiger partial charge in [-0.25, -0.2) is 0 Å². The van der Waals surface area contributed by atoms with E-state index in [0.29, 0.717) is 6.42 Å². The number of carboxylic acid groups (broad SMARTS) is 1. The van der Waals surface area contributed by atoms with Crippen LogP contribution in [0.1, 0.15) is 33.1 Å². The third-order valence-electron chi connectivity index (χ3n) is 2.59. The highest BCUT2D eigenvalue weighted by Crippen LogP contribution is 2.33. The van der Waals surface area contributed by atoms with Gasteiger partial charge in [-0.1, -0.05) is 11.6 Å². The van der Waals surface area contributed by atoms with Gasteiger partial charge >= 0.3 is 5.97 Å². The molecule has 1 rings (SSSR count). The van der Waals surface area contributed by atoms with Crippen molar-refractivity contribution in [2.75, 3.05) is 0 Å². The molecule has 0 radical (unpaired) electrons. The van der Waals surface area contributed by atoms with Crippen molar-refractivity contribution in [2.45, 2.75) is 33.1 Å². The summed E-state index contributed by atoms with van der Waals surface area (Å²) < 4.78 is 0. The average Bonchev–Trinajstić information content (AvgIpc) is 2.34. The highest BCUT2D eigenvalue weighted by atomic mass is 16.4. The number of carbonyl (C=O) groups is 2. The Bertz CT molecular complexity index is 274. The van der Waals surface area contributed by atoms with E-state index in [2.05, 4.69) is 0 Å². The number of allylic oxidation sites excluding steroid dienone is 2. The van der Waals surface area contributed by atoms with Crippen LogP contribution in [0.2, 0.25) is 0 Å². The first kappa shape index (κ1) is 11.0. The third kappa shape index (κ3) is 2.69. The second kappa shape index (κ2) is 4.40. The molecule has 0 heterocycles. The summed E-state index contributed by atoms with van der Waals surface area (Å²) in [6, 6.07) is 0. The summed E-state index contributed by atoms with van der Waals surface area (Å²) in [5, 5.41) is 8.68. The van der Waals surface area contributed by atoms with Gasteiger partial charge in [-0.2, -0.15) is 0 Å². The zero-order valence-corrected chi connectivity index (χ0v) is 8.62. The van der Waals surface area contributed by atoms with Crippen molar-refractivity contribution in [3.05, 3.63) is 11.6 Å². The summed E-state index contributed by atoms with van der Waals surface area (Å²) >= 11 is 0. The Hall–Kier alpha value is -1.12. The van der Waals surface area contributed by atoms with Crippen molar-refractivity contribution in [2.24, 2.45) is 11.8 Å². The van der Waals surface area contributed by atoms with E-state index in [9.17, 15) is 9.59 Å². The number of hydrogen-bond acceptors (Lipinski definition) is 2. The molecule has 0 saturated heterocycles. The SMILES string of the molecule is CC(C)=CC1C(=O)CCC1CC(=O)O. The summed E-state index contributed by atoms with van der Waals surface area (Å²) in [7, 11) is 0. The molecular weight excluding hydrogens is 180 g/mol. The van der Waals surface area contributed by atoms with Crippen LogP contribution in [0.4, 0.5) is 0 Å². The second-order valence-corrected chi connectivity index (χ2v) is 4.13. The largest absolute Gasteiger partial charge is 0.481 e. The highest BCUT2D eigenvalue weighted by molar-refractivity contribution is 5.86. The van der Waals surface area contributed by atoms with Crippen molar-refractivity contribution >= 4 is 11.8 Å². The number of Topliss-reactive ketones (excluding diaryl/α,β-unsaturated/α-hetero) is 1. The van der Waals surface area contributed by atoms with Gasteiger partial charge in [0.05, 0.1) is 0 Å². The summed E-state index contributed by atoms with van der Waals surface area (Å²) in [5.41, 5.74) is 1.08. The Balaban J connectivity index is 2.71. The van der Waals surface area contributed by atoms with Gasteiger partial charge in [0.1, 0.15) is 5.78 Å². The lowest BCUT2D eigenvalue weighted by molar-refractivity contribution is -0.138. The van der Waals surface area contributed by atoms with Crippen LogP contribution in [0.15, 0.2) is 11.6 Å². The molecule has 2 unspecified atom stereocenters. The molecule has 2 atom stereocenters. The van der Waals surface area contributed by atoms with Gasteiger partial charge in [0, 0.05) is 18.8 Å². The molecule has 0 aromatic heterocycles. The number of carbonyl (C=O) groups excluding carboxylic acids is 1. The topological polar surface area (TPSA) is 54.4 Å². The molecule has 1 saturated carbocycles. The number of aliphatic carboxylic acids is 1. The lowest BCUT2D eigenvalue weighted by Gasteiger charge is -2.12. The fraction of sp³-hybridized carbons (Fsp3) is 0.636. The zero-order chi connectivity index (χ0) is 10.7. The van der Waals surface area contributed by atoms with Crippen LogP contribution in [-0.4, -0.2) is 16.9 Å². The Morgan fingerprint density at radius 3 is 2.71 bits per heavy atom. The second-order valence-electron chi connectivity index (χ2n) is 4.13. The summed E-state index contributed by atoms with van der Waals surface area (Å²) in [5.74, 6) is -0.764. The first-order chi connectivity index (χ1) is 6.50. The van der Waals surface area contributed by atoms with E-state index in [1.807, 2.05) is 19.9 Å². The first-order valence-corrected chi connectivity index (χ1v) is 4.90. The molecule has 3 heteroatoms. The van der Waals surface area contributed by atoms with Crippen LogP contribution < -0.4 is 0 Å². The Kier molecular flexibility index (Phi) is 3.44. The van der Waals surface area contributed by atoms with Crippen LogP contribution in [-0.2, 0) is 9.59 Å². The molecular formula is C11H16O3. The average molecular weight is 196 g/mol. The van der Waals surface area contributed by atoms with E-state index in [-0.39, 0.29) is 24.0 Å². The number of hydrogen-bond donors (Lipinski definition) is 1. The lowest BCUT2D eigenvalue weighted by atomic mass is 9.91. The van der Waals surface area contributed by atoms with Gasteiger partial charge in [-0.15, -0.1) is 0 Å². The maximum atomic E-state index is 11.5. The first-order valence-electron chi connectivity index (χ1n) is 4.90. The quantitative estimate of drug-likeness (QED) is 0.702. The van der Waals surface area contributed by atoms with Crippen LogP contribution in [0.25, 0.3) is 0 Å². The van der Waals surface area contributed by atoms with Crippen molar-refractivity contribution in [1.29, 1.82) is 0 Å². The van der Waals surface area contributed by atoms with E-state index >= 15 is 0 Å². The summed E-state index contributed by atoms with van der Waals surface area (Å²) in [6.07, 6.45) is 3.27. The molecule has 0 aromatic carbocycles. The highest BCUT2D eigenvalue weighted by Gasteiger charge is 2.33. The molecule has 3 nitrogen and oxygen atoms in total. The smallest absolute Gasteiger partial charge is 0.303 e. The monoisotopic (exact) mass is 196 g/mol. The van der Waals surface area contributed by atoms with Crippen molar-refractivity contribution in [1.82, 2.24) is 0 Å². The van der Waals surface area contributed by atoms with E-state index < -0.39 is 5.97 Å². The normalized spacial score (nSPS) is 26.3. The minimum Gasteiger partial charge on any atom is -0.481 e. The molecule has 0 aromatic rings. The summed E-state index contributed by atoms with van der Waals surface area (Å²) in [4.78, 5) is 22.0. The van der Waals surface area contributed by atoms with Gasteiger partial charge in [0.2, 0.25) is 0 Å². The molecule has 1 aliphatic carbocycles. The molecule has 0 amide bonds. The van der Waals surface area contributed by atoms with Crippen molar-refractivity contribution < 1.29 is 14.7 Å². The third-order valence-corrected chi connectivity index (χ3v) is 2.59. The standard InChI is InChI=1S/C11H16O3/c1-7(2)5-9-8(6-11(13)14)3-4-10(9)12/h5,8-9H,3-4,6H2,1-2H3,(H,13,14). The van der Waals surface area contributed by atoms with E-state index in [1.165, 1.54) is 0 Å². The lowest BCUT2D eigenvalue weighted by Crippen LogP contribution is -2.15.